The van der Waals surface area contributed by atoms with Crippen molar-refractivity contribution in [2.24, 2.45) is 0 Å². The molecule has 7 aromatic rings. The fourth-order valence-electron chi connectivity index (χ4n) is 3.85. The molecule has 7 rings (SSSR count). The van der Waals surface area contributed by atoms with Gasteiger partial charge in [0.25, 0.3) is 20.0 Å². The van der Waals surface area contributed by atoms with E-state index in [1.54, 1.807) is 54.1 Å². The van der Waals surface area contributed by atoms with E-state index in [-0.39, 0.29) is 23.1 Å². The minimum atomic E-state index is -3.73. The molecule has 0 aliphatic carbocycles. The van der Waals surface area contributed by atoms with Gasteiger partial charge in [-0.3, -0.25) is 10.2 Å². The highest BCUT2D eigenvalue weighted by molar-refractivity contribution is 7.89. The zero-order chi connectivity index (χ0) is 29.9. The first kappa shape index (κ1) is 28.8. The van der Waals surface area contributed by atoms with Crippen LogP contribution in [0.3, 0.4) is 0 Å². The van der Waals surface area contributed by atoms with Gasteiger partial charge in [0.1, 0.15) is 5.01 Å². The fourth-order valence-corrected chi connectivity index (χ4v) is 7.70. The molecule has 0 aliphatic heterocycles. The van der Waals surface area contributed by atoms with Gasteiger partial charge in [-0.1, -0.05) is 6.07 Å². The maximum absolute atomic E-state index is 12.5. The average molecular weight is 656 g/mol. The summed E-state index contributed by atoms with van der Waals surface area (Å²) in [7, 11) is -7.40. The minimum absolute atomic E-state index is 0.0131. The molecule has 0 fully saturated rings. The van der Waals surface area contributed by atoms with Crippen molar-refractivity contribution in [1.29, 1.82) is 0 Å². The molecule has 0 aromatic carbocycles. The first-order valence-corrected chi connectivity index (χ1v) is 17.1. The number of pyridine rings is 2. The van der Waals surface area contributed by atoms with Gasteiger partial charge in [0.15, 0.2) is 21.3 Å². The summed E-state index contributed by atoms with van der Waals surface area (Å²) in [5.41, 5.74) is 2.15. The average Bonchev–Trinajstić information content (AvgIpc) is 3.85. The lowest BCUT2D eigenvalue weighted by Crippen LogP contribution is -2.24. The van der Waals surface area contributed by atoms with Gasteiger partial charge in [-0.05, 0) is 41.8 Å². The van der Waals surface area contributed by atoms with Crippen LogP contribution in [0.5, 0.6) is 0 Å². The van der Waals surface area contributed by atoms with Gasteiger partial charge in [-0.2, -0.15) is 10.2 Å². The Kier molecular flexibility index (Phi) is 8.10. The second-order valence-electron chi connectivity index (χ2n) is 8.76. The Morgan fingerprint density at radius 2 is 1.44 bits per heavy atom. The molecule has 0 unspecified atom stereocenters. The van der Waals surface area contributed by atoms with Crippen LogP contribution >= 0.6 is 22.7 Å². The lowest BCUT2D eigenvalue weighted by atomic mass is 10.4. The molecule has 7 heterocycles. The molecule has 0 amide bonds. The Morgan fingerprint density at radius 1 is 0.791 bits per heavy atom. The number of fused-ring (bicyclic) bond motifs is 2. The van der Waals surface area contributed by atoms with Gasteiger partial charge in [0, 0.05) is 29.9 Å². The molecule has 220 valence electrons. The van der Waals surface area contributed by atoms with Crippen molar-refractivity contribution in [2.45, 2.75) is 23.1 Å². The van der Waals surface area contributed by atoms with Gasteiger partial charge in [-0.15, -0.1) is 22.7 Å². The zero-order valence-electron chi connectivity index (χ0n) is 21.8. The number of furan rings is 1. The third kappa shape index (κ3) is 6.38. The van der Waals surface area contributed by atoms with Crippen LogP contribution in [0.25, 0.3) is 32.0 Å². The molecule has 14 nitrogen and oxygen atoms in total. The molecule has 43 heavy (non-hydrogen) atoms. The first-order chi connectivity index (χ1) is 20.8. The molecule has 7 aromatic heterocycles. The highest BCUT2D eigenvalue weighted by atomic mass is 32.2. The summed E-state index contributed by atoms with van der Waals surface area (Å²) >= 11 is 3.09. The van der Waals surface area contributed by atoms with E-state index in [0.717, 1.165) is 15.4 Å². The van der Waals surface area contributed by atoms with Gasteiger partial charge in [-0.25, -0.2) is 41.2 Å². The van der Waals surface area contributed by atoms with Crippen molar-refractivity contribution in [3.05, 3.63) is 89.4 Å². The normalized spacial score (nSPS) is 12.0. The van der Waals surface area contributed by atoms with E-state index in [0.29, 0.717) is 27.8 Å². The zero-order valence-corrected chi connectivity index (χ0v) is 25.1. The molecule has 0 bridgehead atoms. The molecule has 4 N–H and O–H groups in total. The Morgan fingerprint density at radius 3 is 2.02 bits per heavy atom. The summed E-state index contributed by atoms with van der Waals surface area (Å²) in [6.07, 6.45) is 6.08. The number of thiazole rings is 1. The van der Waals surface area contributed by atoms with Crippen LogP contribution < -0.4 is 9.44 Å². The SMILES string of the molecule is O=S(=O)(NCc1ccoc1)c1[nH]nc2ncccc12.O=S(=O)(NCc1csc(-c2cccs2)n1)c1[nH]nc2ncccc12. The molecular formula is C25H21N9O5S4. The minimum Gasteiger partial charge on any atom is -0.472 e. The van der Waals surface area contributed by atoms with E-state index in [9.17, 15) is 16.8 Å². The van der Waals surface area contributed by atoms with Crippen LogP contribution in [0.15, 0.2) is 92.6 Å². The van der Waals surface area contributed by atoms with E-state index in [2.05, 4.69) is 44.8 Å². The Balaban J connectivity index is 0.000000157. The standard InChI is InChI=1S/C14H11N5O2S3.C11H10N4O3S/c20-24(21,14-10-3-1-5-15-12(10)18-19-14)16-7-9-8-23-13(17-9)11-4-2-6-22-11;16-19(17,13-6-8-3-5-18-7-8)11-9-2-1-4-12-10(9)14-15-11/h1-6,8,16H,7H2,(H,15,18,19);1-5,7,13H,6H2,(H,12,14,15). The third-order valence-corrected chi connectivity index (χ3v) is 10.6. The predicted molar refractivity (Wildman–Crippen MR) is 160 cm³/mol. The maximum atomic E-state index is 12.5. The van der Waals surface area contributed by atoms with Crippen molar-refractivity contribution in [1.82, 2.24) is 44.8 Å². The molecule has 0 atom stereocenters. The second-order valence-corrected chi connectivity index (χ2v) is 14.0. The van der Waals surface area contributed by atoms with Crippen LogP contribution in [0.2, 0.25) is 0 Å². The number of thiophene rings is 1. The number of sulfonamides is 2. The molecule has 0 radical (unpaired) electrons. The van der Waals surface area contributed by atoms with Gasteiger partial charge in [0.2, 0.25) is 0 Å². The van der Waals surface area contributed by atoms with Crippen LogP contribution in [0.4, 0.5) is 0 Å². The summed E-state index contributed by atoms with van der Waals surface area (Å²) < 4.78 is 59.2. The molecule has 0 aliphatic rings. The van der Waals surface area contributed by atoms with E-state index < -0.39 is 20.0 Å². The number of nitrogens with one attached hydrogen (secondary N) is 4. The summed E-state index contributed by atoms with van der Waals surface area (Å²) in [6.45, 7) is 0.268. The number of rotatable bonds is 9. The van der Waals surface area contributed by atoms with E-state index in [1.807, 2.05) is 22.9 Å². The van der Waals surface area contributed by atoms with Gasteiger partial charge >= 0.3 is 0 Å². The maximum Gasteiger partial charge on any atom is 0.258 e. The van der Waals surface area contributed by atoms with Crippen LogP contribution in [-0.2, 0) is 33.1 Å². The van der Waals surface area contributed by atoms with Gasteiger partial charge < -0.3 is 4.42 Å². The molecular weight excluding hydrogens is 635 g/mol. The third-order valence-electron chi connectivity index (χ3n) is 5.90. The molecule has 0 saturated carbocycles. The van der Waals surface area contributed by atoms with Crippen molar-refractivity contribution in [2.75, 3.05) is 0 Å². The van der Waals surface area contributed by atoms with Crippen LogP contribution in [0, 0.1) is 0 Å². The lowest BCUT2D eigenvalue weighted by molar-refractivity contribution is 0.560. The highest BCUT2D eigenvalue weighted by Gasteiger charge is 2.22. The molecule has 18 heteroatoms. The van der Waals surface area contributed by atoms with Crippen LogP contribution in [0.1, 0.15) is 11.3 Å². The quantitative estimate of drug-likeness (QED) is 0.178. The van der Waals surface area contributed by atoms with E-state index in [1.165, 1.54) is 23.9 Å². The summed E-state index contributed by atoms with van der Waals surface area (Å²) in [5, 5.41) is 18.5. The smallest absolute Gasteiger partial charge is 0.258 e. The van der Waals surface area contributed by atoms with Gasteiger partial charge in [0.05, 0.1) is 40.4 Å². The largest absolute Gasteiger partial charge is 0.472 e. The van der Waals surface area contributed by atoms with Crippen molar-refractivity contribution >= 4 is 64.8 Å². The first-order valence-electron chi connectivity index (χ1n) is 12.4. The van der Waals surface area contributed by atoms with Crippen LogP contribution in [-0.4, -0.2) is 52.2 Å². The van der Waals surface area contributed by atoms with Crippen molar-refractivity contribution in [3.8, 4) is 9.88 Å². The van der Waals surface area contributed by atoms with E-state index >= 15 is 0 Å². The molecule has 0 spiro atoms. The number of hydrogen-bond acceptors (Lipinski definition) is 12. The number of nitrogens with zero attached hydrogens (tertiary/aromatic N) is 5. The van der Waals surface area contributed by atoms with Crippen molar-refractivity contribution < 1.29 is 21.3 Å². The summed E-state index contributed by atoms with van der Waals surface area (Å²) in [6, 6.07) is 12.3. The fraction of sp³-hybridized carbons (Fsp3) is 0.0800. The monoisotopic (exact) mass is 655 g/mol. The Labute approximate surface area is 252 Å². The molecule has 0 saturated heterocycles. The summed E-state index contributed by atoms with van der Waals surface area (Å²) in [4.78, 5) is 13.5. The summed E-state index contributed by atoms with van der Waals surface area (Å²) in [5.74, 6) is 0. The number of aromatic amines is 2. The highest BCUT2D eigenvalue weighted by Crippen LogP contribution is 2.28. The Hall–Kier alpha value is -4.33. The van der Waals surface area contributed by atoms with Crippen molar-refractivity contribution in [3.63, 3.8) is 0 Å². The topological polar surface area (TPSA) is 202 Å². The second kappa shape index (κ2) is 12.1. The predicted octanol–water partition coefficient (Wildman–Crippen LogP) is 3.65. The Bertz CT molecular complexity index is 2190. The number of aromatic nitrogens is 7. The number of hydrogen-bond donors (Lipinski definition) is 4. The number of H-pyrrole nitrogens is 2. The van der Waals surface area contributed by atoms with E-state index in [4.69, 9.17) is 4.42 Å². The lowest BCUT2D eigenvalue weighted by Gasteiger charge is -2.03.